The van der Waals surface area contributed by atoms with E-state index in [9.17, 15) is 29.4 Å². The van der Waals surface area contributed by atoms with Crippen molar-refractivity contribution < 1.29 is 43.7 Å². The Balaban J connectivity index is 1.39. The molecule has 0 aliphatic carbocycles. The van der Waals surface area contributed by atoms with Crippen LogP contribution < -0.4 is 26.0 Å². The second kappa shape index (κ2) is 17.0. The number of hydrogen-bond donors (Lipinski definition) is 5. The highest BCUT2D eigenvalue weighted by atomic mass is 16.6. The molecule has 3 aliphatic heterocycles. The summed E-state index contributed by atoms with van der Waals surface area (Å²) in [7, 11) is 0. The first-order chi connectivity index (χ1) is 29.6. The zero-order chi connectivity index (χ0) is 42.7. The zero-order valence-electron chi connectivity index (χ0n) is 32.6. The Morgan fingerprint density at radius 1 is 0.803 bits per heavy atom. The molecule has 5 amide bonds. The van der Waals surface area contributed by atoms with Crippen LogP contribution in [0.15, 0.2) is 133 Å². The van der Waals surface area contributed by atoms with Gasteiger partial charge in [-0.3, -0.25) is 19.3 Å². The number of aliphatic hydroxyl groups is 1. The van der Waals surface area contributed by atoms with Gasteiger partial charge in [0, 0.05) is 12.1 Å². The molecule has 1 unspecified atom stereocenters. The van der Waals surface area contributed by atoms with Crippen LogP contribution in [-0.2, 0) is 31.1 Å². The smallest absolute Gasteiger partial charge is 0.329 e. The average molecular weight is 820 g/mol. The van der Waals surface area contributed by atoms with Crippen LogP contribution in [0, 0.1) is 17.8 Å². The van der Waals surface area contributed by atoms with Crippen LogP contribution in [0.1, 0.15) is 51.6 Å². The molecule has 0 aromatic heterocycles. The number of ether oxygens (including phenoxy) is 2. The lowest BCUT2D eigenvalue weighted by molar-refractivity contribution is -0.179. The molecule has 308 valence electrons. The van der Waals surface area contributed by atoms with Crippen LogP contribution in [0.5, 0.6) is 5.75 Å². The maximum atomic E-state index is 15.9. The van der Waals surface area contributed by atoms with Crippen LogP contribution in [0.4, 0.5) is 15.3 Å². The fourth-order valence-corrected chi connectivity index (χ4v) is 9.01. The molecule has 14 nitrogen and oxygen atoms in total. The van der Waals surface area contributed by atoms with Crippen molar-refractivity contribution in [2.45, 2.75) is 36.2 Å². The summed E-state index contributed by atoms with van der Waals surface area (Å²) in [6.07, 6.45) is -0.956. The normalized spacial score (nSPS) is 22.6. The minimum absolute atomic E-state index is 0.0143. The van der Waals surface area contributed by atoms with Crippen molar-refractivity contribution in [3.8, 4) is 17.6 Å². The number of nitrogens with one attached hydrogen (secondary N) is 2. The minimum Gasteiger partial charge on any atom is -0.491 e. The summed E-state index contributed by atoms with van der Waals surface area (Å²) in [4.78, 5) is 73.5. The van der Waals surface area contributed by atoms with E-state index in [2.05, 4.69) is 22.5 Å². The number of amides is 5. The number of anilines is 1. The molecule has 61 heavy (non-hydrogen) atoms. The molecule has 6 atom stereocenters. The van der Waals surface area contributed by atoms with Gasteiger partial charge in [0.15, 0.2) is 0 Å². The lowest BCUT2D eigenvalue weighted by Gasteiger charge is -2.46. The molecule has 0 radical (unpaired) electrons. The molecule has 3 aliphatic rings. The fourth-order valence-electron chi connectivity index (χ4n) is 9.01. The molecule has 1 spiro atoms. The number of aliphatic carboxylic acids is 1. The highest BCUT2D eigenvalue weighted by molar-refractivity contribution is 6.24. The van der Waals surface area contributed by atoms with Crippen molar-refractivity contribution >= 4 is 35.6 Å². The summed E-state index contributed by atoms with van der Waals surface area (Å²) in [5, 5.41) is 26.2. The summed E-state index contributed by atoms with van der Waals surface area (Å²) in [6.45, 7) is -0.265. The Bertz CT molecular complexity index is 2530. The van der Waals surface area contributed by atoms with E-state index in [1.165, 1.54) is 6.07 Å². The van der Waals surface area contributed by atoms with E-state index >= 15 is 4.79 Å². The monoisotopic (exact) mass is 819 g/mol. The number of hydrogen-bond acceptors (Lipinski definition) is 9. The van der Waals surface area contributed by atoms with Gasteiger partial charge in [-0.2, -0.15) is 0 Å². The van der Waals surface area contributed by atoms with Gasteiger partial charge in [0.05, 0.1) is 30.9 Å². The molecule has 3 heterocycles. The third kappa shape index (κ3) is 7.30. The number of benzene rings is 5. The standard InChI is InChI=1S/C47H41N5O9/c48-45(58)49-24-10-13-29-18-23-36-35(27-29)47(44(57)51(36)46(59)50-28-30-11-4-1-5-12-30)37(42(54)55)39-43(56)61-40(32-16-8-3-9-17-32)38(31-14-6-2-7-15-31)52(39)41(47)33-19-21-34(22-20-33)60-26-25-53/h1-9,11-12,14-23,27,37-41,53H,24-26,28H2,(H,50,59)(H,54,55)(H3,48,49,58)/t37-,38-,39?,40+,41+,47-/m1/s1. The lowest BCUT2D eigenvalue weighted by atomic mass is 9.65. The summed E-state index contributed by atoms with van der Waals surface area (Å²) >= 11 is 0. The summed E-state index contributed by atoms with van der Waals surface area (Å²) in [6, 6.07) is 33.6. The number of aliphatic hydroxyl groups excluding tert-OH is 1. The van der Waals surface area contributed by atoms with Crippen molar-refractivity contribution in [1.82, 2.24) is 15.5 Å². The first-order valence-corrected chi connectivity index (χ1v) is 19.6. The highest BCUT2D eigenvalue weighted by Gasteiger charge is 2.76. The van der Waals surface area contributed by atoms with E-state index in [1.807, 2.05) is 91.0 Å². The zero-order valence-corrected chi connectivity index (χ0v) is 32.6. The highest BCUT2D eigenvalue weighted by Crippen LogP contribution is 2.65. The van der Waals surface area contributed by atoms with Crippen molar-refractivity contribution in [3.63, 3.8) is 0 Å². The topological polar surface area (TPSA) is 201 Å². The molecule has 0 bridgehead atoms. The largest absolute Gasteiger partial charge is 0.491 e. The number of nitrogens with zero attached hydrogens (tertiary/aromatic N) is 2. The van der Waals surface area contributed by atoms with Gasteiger partial charge in [-0.05, 0) is 58.1 Å². The Labute approximate surface area is 350 Å². The quantitative estimate of drug-likeness (QED) is 0.0969. The number of carboxylic acids is 1. The minimum atomic E-state index is -2.16. The summed E-state index contributed by atoms with van der Waals surface area (Å²) in [5.41, 5.74) is 6.23. The van der Waals surface area contributed by atoms with Gasteiger partial charge in [0.1, 0.15) is 35.8 Å². The Kier molecular flexibility index (Phi) is 11.2. The number of morpholine rings is 1. The molecule has 2 saturated heterocycles. The van der Waals surface area contributed by atoms with Gasteiger partial charge < -0.3 is 36.1 Å². The van der Waals surface area contributed by atoms with Gasteiger partial charge in [0.2, 0.25) is 5.91 Å². The van der Waals surface area contributed by atoms with E-state index in [0.29, 0.717) is 28.0 Å². The van der Waals surface area contributed by atoms with E-state index in [4.69, 9.17) is 15.2 Å². The van der Waals surface area contributed by atoms with Gasteiger partial charge in [-0.1, -0.05) is 115 Å². The maximum Gasteiger partial charge on any atom is 0.329 e. The van der Waals surface area contributed by atoms with Gasteiger partial charge in [-0.15, -0.1) is 0 Å². The molecule has 14 heteroatoms. The number of imide groups is 1. The molecule has 0 saturated carbocycles. The number of urea groups is 2. The van der Waals surface area contributed by atoms with Crippen LogP contribution in [0.2, 0.25) is 0 Å². The van der Waals surface area contributed by atoms with E-state index < -0.39 is 65.5 Å². The third-order valence-electron chi connectivity index (χ3n) is 11.4. The SMILES string of the molecule is NC(=O)NCC#Cc1ccc2c(c1)[C@]1(C(=O)N2C(=O)NCc2ccccc2)[C@H](c2ccc(OCCO)cc2)N2C(C(=O)O[C@@H](c3ccccc3)[C@H]2c2ccccc2)[C@@H]1C(=O)O. The predicted octanol–water partition coefficient (Wildman–Crippen LogP) is 4.74. The summed E-state index contributed by atoms with van der Waals surface area (Å²) in [5.74, 6) is 1.20. The van der Waals surface area contributed by atoms with Crippen LogP contribution in [0.25, 0.3) is 0 Å². The number of carbonyl (C=O) groups excluding carboxylic acids is 4. The molecule has 2 fully saturated rings. The number of carbonyl (C=O) groups is 5. The molecular weight excluding hydrogens is 779 g/mol. The van der Waals surface area contributed by atoms with Crippen LogP contribution in [0.3, 0.4) is 0 Å². The third-order valence-corrected chi connectivity index (χ3v) is 11.4. The number of primary amides is 1. The fraction of sp³-hybridized carbons (Fsp3) is 0.213. The molecule has 5 aromatic rings. The molecule has 5 aromatic carbocycles. The lowest BCUT2D eigenvalue weighted by Crippen LogP contribution is -2.54. The molecule has 6 N–H and O–H groups in total. The second-order valence-electron chi connectivity index (χ2n) is 14.8. The van der Waals surface area contributed by atoms with Crippen molar-refractivity contribution in [3.05, 3.63) is 167 Å². The molecule has 8 rings (SSSR count). The first kappa shape index (κ1) is 40.3. The Hall–Kier alpha value is -7.47. The van der Waals surface area contributed by atoms with Crippen LogP contribution in [-0.4, -0.2) is 70.8 Å². The van der Waals surface area contributed by atoms with Gasteiger partial charge in [-0.25, -0.2) is 14.5 Å². The molecular formula is C47H41N5O9. The average Bonchev–Trinajstić information content (AvgIpc) is 3.74. The van der Waals surface area contributed by atoms with Gasteiger partial charge >= 0.3 is 24.0 Å². The number of nitrogens with two attached hydrogens (primary N) is 1. The van der Waals surface area contributed by atoms with Gasteiger partial charge in [0.25, 0.3) is 0 Å². The van der Waals surface area contributed by atoms with Crippen molar-refractivity contribution in [2.75, 3.05) is 24.7 Å². The van der Waals surface area contributed by atoms with E-state index in [0.717, 1.165) is 10.5 Å². The maximum absolute atomic E-state index is 15.9. The van der Waals surface area contributed by atoms with Crippen LogP contribution >= 0.6 is 0 Å². The number of carboxylic acid groups (broad SMARTS) is 1. The number of rotatable bonds is 10. The van der Waals surface area contributed by atoms with E-state index in [1.54, 1.807) is 41.3 Å². The predicted molar refractivity (Wildman–Crippen MR) is 222 cm³/mol. The van der Waals surface area contributed by atoms with E-state index in [-0.39, 0.29) is 37.6 Å². The first-order valence-electron chi connectivity index (χ1n) is 19.6. The summed E-state index contributed by atoms with van der Waals surface area (Å²) < 4.78 is 12.0. The number of esters is 1. The Morgan fingerprint density at radius 3 is 2.10 bits per heavy atom. The second-order valence-corrected chi connectivity index (χ2v) is 14.8. The number of cyclic esters (lactones) is 1. The number of fused-ring (bicyclic) bond motifs is 3. The van der Waals surface area contributed by atoms with Crippen molar-refractivity contribution in [1.29, 1.82) is 0 Å². The van der Waals surface area contributed by atoms with Crippen molar-refractivity contribution in [2.24, 2.45) is 11.7 Å². The Morgan fingerprint density at radius 2 is 1.46 bits per heavy atom.